The van der Waals surface area contributed by atoms with E-state index in [0.29, 0.717) is 24.2 Å². The standard InChI is InChI=1S/C10H18N2O/c1-7(2)12-8-5-3-4-6-9(8)13-10(12)11/h7-9,11H,3-6H2,1-2H3. The quantitative estimate of drug-likeness (QED) is 0.673. The van der Waals surface area contributed by atoms with E-state index in [0.717, 1.165) is 6.42 Å². The summed E-state index contributed by atoms with van der Waals surface area (Å²) < 4.78 is 5.55. The number of fused-ring (bicyclic) bond motifs is 1. The molecule has 1 saturated carbocycles. The molecule has 2 atom stereocenters. The molecule has 1 heterocycles. The predicted molar refractivity (Wildman–Crippen MR) is 51.8 cm³/mol. The van der Waals surface area contributed by atoms with Crippen molar-refractivity contribution < 1.29 is 4.74 Å². The Bertz CT molecular complexity index is 215. The molecule has 0 radical (unpaired) electrons. The molecule has 0 bridgehead atoms. The van der Waals surface area contributed by atoms with Crippen LogP contribution in [-0.2, 0) is 4.74 Å². The minimum absolute atomic E-state index is 0.309. The van der Waals surface area contributed by atoms with Gasteiger partial charge >= 0.3 is 0 Å². The summed E-state index contributed by atoms with van der Waals surface area (Å²) in [5.41, 5.74) is 0. The Morgan fingerprint density at radius 2 is 2.08 bits per heavy atom. The SMILES string of the molecule is CC(C)N1C(=N)OC2CCCCC21. The molecule has 2 aliphatic rings. The molecule has 1 aliphatic carbocycles. The van der Waals surface area contributed by atoms with Crippen molar-refractivity contribution in [2.24, 2.45) is 0 Å². The minimum Gasteiger partial charge on any atom is -0.460 e. The second-order valence-electron chi connectivity index (χ2n) is 4.31. The molecule has 2 fully saturated rings. The van der Waals surface area contributed by atoms with Crippen molar-refractivity contribution in [3.63, 3.8) is 0 Å². The van der Waals surface area contributed by atoms with E-state index in [1.165, 1.54) is 19.3 Å². The van der Waals surface area contributed by atoms with Crippen molar-refractivity contribution in [2.45, 2.75) is 57.7 Å². The monoisotopic (exact) mass is 182 g/mol. The second kappa shape index (κ2) is 3.20. The minimum atomic E-state index is 0.309. The van der Waals surface area contributed by atoms with E-state index in [1.807, 2.05) is 0 Å². The van der Waals surface area contributed by atoms with Gasteiger partial charge in [0.25, 0.3) is 6.02 Å². The lowest BCUT2D eigenvalue weighted by molar-refractivity contribution is 0.135. The van der Waals surface area contributed by atoms with Gasteiger partial charge in [0.05, 0.1) is 6.04 Å². The van der Waals surface area contributed by atoms with Crippen LogP contribution in [0.15, 0.2) is 0 Å². The highest BCUT2D eigenvalue weighted by atomic mass is 16.5. The Morgan fingerprint density at radius 3 is 2.77 bits per heavy atom. The molecule has 0 aromatic rings. The van der Waals surface area contributed by atoms with Crippen LogP contribution >= 0.6 is 0 Å². The van der Waals surface area contributed by atoms with Crippen molar-refractivity contribution in [1.82, 2.24) is 4.90 Å². The first-order chi connectivity index (χ1) is 6.20. The average molecular weight is 182 g/mol. The highest BCUT2D eigenvalue weighted by molar-refractivity contribution is 5.73. The van der Waals surface area contributed by atoms with Gasteiger partial charge in [-0.25, -0.2) is 0 Å². The van der Waals surface area contributed by atoms with Gasteiger partial charge in [0.1, 0.15) is 6.10 Å². The van der Waals surface area contributed by atoms with Crippen LogP contribution in [0.3, 0.4) is 0 Å². The number of rotatable bonds is 1. The molecule has 1 saturated heterocycles. The molecule has 1 aliphatic heterocycles. The Hall–Kier alpha value is -0.730. The molecule has 13 heavy (non-hydrogen) atoms. The third-order valence-corrected chi connectivity index (χ3v) is 3.08. The van der Waals surface area contributed by atoms with Crippen molar-refractivity contribution in [2.75, 3.05) is 0 Å². The van der Waals surface area contributed by atoms with E-state index >= 15 is 0 Å². The van der Waals surface area contributed by atoms with Crippen LogP contribution in [0.1, 0.15) is 39.5 Å². The molecule has 3 heteroatoms. The van der Waals surface area contributed by atoms with Crippen LogP contribution in [0.5, 0.6) is 0 Å². The number of ether oxygens (including phenoxy) is 1. The fourth-order valence-corrected chi connectivity index (χ4v) is 2.51. The van der Waals surface area contributed by atoms with Gasteiger partial charge < -0.3 is 9.64 Å². The highest BCUT2D eigenvalue weighted by Gasteiger charge is 2.41. The van der Waals surface area contributed by atoms with Crippen molar-refractivity contribution in [1.29, 1.82) is 5.41 Å². The lowest BCUT2D eigenvalue weighted by atomic mass is 9.92. The first-order valence-corrected chi connectivity index (χ1v) is 5.23. The molecule has 0 aromatic carbocycles. The zero-order valence-electron chi connectivity index (χ0n) is 8.42. The van der Waals surface area contributed by atoms with Crippen molar-refractivity contribution in [3.8, 4) is 0 Å². The number of nitrogens with zero attached hydrogens (tertiary/aromatic N) is 1. The largest absolute Gasteiger partial charge is 0.460 e. The van der Waals surface area contributed by atoms with Gasteiger partial charge in [0.15, 0.2) is 0 Å². The third kappa shape index (κ3) is 1.40. The summed E-state index contributed by atoms with van der Waals surface area (Å²) in [6, 6.07) is 1.29. The van der Waals surface area contributed by atoms with Crippen LogP contribution in [0.25, 0.3) is 0 Å². The molecule has 2 unspecified atom stereocenters. The first kappa shape index (κ1) is 8.85. The van der Waals surface area contributed by atoms with Gasteiger partial charge in [-0.1, -0.05) is 6.42 Å². The molecule has 1 N–H and O–H groups in total. The van der Waals surface area contributed by atoms with Crippen LogP contribution in [-0.4, -0.2) is 29.1 Å². The molecular formula is C10H18N2O. The lowest BCUT2D eigenvalue weighted by Gasteiger charge is -2.31. The Labute approximate surface area is 79.6 Å². The summed E-state index contributed by atoms with van der Waals surface area (Å²) in [5, 5.41) is 7.74. The lowest BCUT2D eigenvalue weighted by Crippen LogP contribution is -2.42. The fourth-order valence-electron chi connectivity index (χ4n) is 2.51. The zero-order valence-corrected chi connectivity index (χ0v) is 8.42. The molecule has 74 valence electrons. The predicted octanol–water partition coefficient (Wildman–Crippen LogP) is 1.97. The maximum Gasteiger partial charge on any atom is 0.285 e. The van der Waals surface area contributed by atoms with Gasteiger partial charge in [-0.05, 0) is 33.1 Å². The summed E-state index contributed by atoms with van der Waals surface area (Å²) >= 11 is 0. The summed E-state index contributed by atoms with van der Waals surface area (Å²) in [4.78, 5) is 2.13. The normalized spacial score (nSPS) is 33.5. The maximum atomic E-state index is 7.74. The Balaban J connectivity index is 2.13. The topological polar surface area (TPSA) is 36.3 Å². The van der Waals surface area contributed by atoms with Gasteiger partial charge in [-0.3, -0.25) is 5.41 Å². The molecule has 0 spiro atoms. The van der Waals surface area contributed by atoms with Crippen LogP contribution in [0.2, 0.25) is 0 Å². The second-order valence-corrected chi connectivity index (χ2v) is 4.31. The molecular weight excluding hydrogens is 164 g/mol. The number of hydrogen-bond donors (Lipinski definition) is 1. The zero-order chi connectivity index (χ0) is 9.42. The fraction of sp³-hybridized carbons (Fsp3) is 0.900. The van der Waals surface area contributed by atoms with Crippen LogP contribution < -0.4 is 0 Å². The summed E-state index contributed by atoms with van der Waals surface area (Å²) in [6.07, 6.45) is 5.20. The van der Waals surface area contributed by atoms with E-state index in [9.17, 15) is 0 Å². The van der Waals surface area contributed by atoms with Crippen molar-refractivity contribution in [3.05, 3.63) is 0 Å². The summed E-state index contributed by atoms with van der Waals surface area (Å²) in [6.45, 7) is 4.27. The van der Waals surface area contributed by atoms with Gasteiger partial charge in [0, 0.05) is 6.04 Å². The molecule has 0 amide bonds. The summed E-state index contributed by atoms with van der Waals surface area (Å²) in [7, 11) is 0. The number of nitrogens with one attached hydrogen (secondary N) is 1. The van der Waals surface area contributed by atoms with Crippen molar-refractivity contribution >= 4 is 6.02 Å². The third-order valence-electron chi connectivity index (χ3n) is 3.08. The average Bonchev–Trinajstić information content (AvgIpc) is 2.39. The van der Waals surface area contributed by atoms with Gasteiger partial charge in [0.2, 0.25) is 0 Å². The maximum absolute atomic E-state index is 7.74. The van der Waals surface area contributed by atoms with Gasteiger partial charge in [-0.15, -0.1) is 0 Å². The Kier molecular flexibility index (Phi) is 2.18. The van der Waals surface area contributed by atoms with E-state index in [-0.39, 0.29) is 0 Å². The smallest absolute Gasteiger partial charge is 0.285 e. The van der Waals surface area contributed by atoms with Crippen LogP contribution in [0, 0.1) is 5.41 Å². The number of hydrogen-bond acceptors (Lipinski definition) is 2. The first-order valence-electron chi connectivity index (χ1n) is 5.23. The Morgan fingerprint density at radius 1 is 1.38 bits per heavy atom. The van der Waals surface area contributed by atoms with Crippen LogP contribution in [0.4, 0.5) is 0 Å². The molecule has 2 rings (SSSR count). The van der Waals surface area contributed by atoms with E-state index in [4.69, 9.17) is 10.1 Å². The summed E-state index contributed by atoms with van der Waals surface area (Å²) in [5.74, 6) is 0. The van der Waals surface area contributed by atoms with E-state index < -0.39 is 0 Å². The van der Waals surface area contributed by atoms with E-state index in [1.54, 1.807) is 0 Å². The molecule has 3 nitrogen and oxygen atoms in total. The highest BCUT2D eigenvalue weighted by Crippen LogP contribution is 2.32. The number of amidine groups is 1. The molecule has 0 aromatic heterocycles. The van der Waals surface area contributed by atoms with E-state index in [2.05, 4.69) is 18.7 Å². The van der Waals surface area contributed by atoms with Gasteiger partial charge in [-0.2, -0.15) is 0 Å².